The predicted molar refractivity (Wildman–Crippen MR) is 72.6 cm³/mol. The van der Waals surface area contributed by atoms with Crippen LogP contribution in [0.5, 0.6) is 0 Å². The van der Waals surface area contributed by atoms with Crippen molar-refractivity contribution in [3.8, 4) is 0 Å². The fraction of sp³-hybridized carbons (Fsp3) is 0.929. The van der Waals surface area contributed by atoms with Gasteiger partial charge in [0.1, 0.15) is 6.10 Å². The van der Waals surface area contributed by atoms with Gasteiger partial charge in [-0.25, -0.2) is 4.79 Å². The highest BCUT2D eigenvalue weighted by Crippen LogP contribution is 2.58. The molecule has 0 aliphatic heterocycles. The first-order valence-corrected chi connectivity index (χ1v) is 7.10. The summed E-state index contributed by atoms with van der Waals surface area (Å²) in [6.45, 7) is 12.7. The highest BCUT2D eigenvalue weighted by molar-refractivity contribution is 6.19. The number of carbonyl (C=O) groups is 1. The van der Waals surface area contributed by atoms with Crippen LogP contribution in [-0.2, 0) is 9.47 Å². The molecule has 0 N–H and O–H groups in total. The normalized spacial score (nSPS) is 36.2. The van der Waals surface area contributed by atoms with Crippen LogP contribution in [0.15, 0.2) is 0 Å². The van der Waals surface area contributed by atoms with Crippen LogP contribution in [0.3, 0.4) is 0 Å². The molecule has 3 unspecified atom stereocenters. The lowest BCUT2D eigenvalue weighted by Crippen LogP contribution is -2.41. The third-order valence-corrected chi connectivity index (χ3v) is 5.30. The molecule has 0 heterocycles. The first-order valence-electron chi connectivity index (χ1n) is 6.66. The minimum absolute atomic E-state index is 0.0268. The predicted octanol–water partition coefficient (Wildman–Crippen LogP) is 4.58. The quantitative estimate of drug-likeness (QED) is 0.559. The number of ether oxygens (including phenoxy) is 2. The molecule has 4 atom stereocenters. The summed E-state index contributed by atoms with van der Waals surface area (Å²) < 4.78 is 10.3. The molecule has 0 aromatic heterocycles. The first kappa shape index (κ1) is 15.6. The molecule has 0 saturated heterocycles. The molecule has 1 fully saturated rings. The Balaban J connectivity index is 2.81. The summed E-state index contributed by atoms with van der Waals surface area (Å²) >= 11 is 5.62. The summed E-state index contributed by atoms with van der Waals surface area (Å²) in [4.78, 5) is 11.6. The van der Waals surface area contributed by atoms with E-state index in [0.29, 0.717) is 5.92 Å². The van der Waals surface area contributed by atoms with Crippen LogP contribution in [0.25, 0.3) is 0 Å². The molecular formula is C14H25ClO3. The van der Waals surface area contributed by atoms with Gasteiger partial charge in [0.2, 0.25) is 0 Å². The van der Waals surface area contributed by atoms with Crippen LogP contribution in [0.4, 0.5) is 4.79 Å². The van der Waals surface area contributed by atoms with E-state index in [9.17, 15) is 4.79 Å². The van der Waals surface area contributed by atoms with Crippen molar-refractivity contribution in [2.45, 2.75) is 66.1 Å². The molecule has 0 aromatic rings. The molecular weight excluding hydrogens is 252 g/mol. The van der Waals surface area contributed by atoms with E-state index in [1.807, 2.05) is 0 Å². The third kappa shape index (κ3) is 2.61. The Hall–Kier alpha value is -0.440. The van der Waals surface area contributed by atoms with Gasteiger partial charge in [-0.2, -0.15) is 0 Å². The van der Waals surface area contributed by atoms with Gasteiger partial charge in [-0.3, -0.25) is 0 Å². The van der Waals surface area contributed by atoms with Gasteiger partial charge < -0.3 is 9.47 Å². The van der Waals surface area contributed by atoms with E-state index < -0.39 is 11.7 Å². The molecule has 0 amide bonds. The Morgan fingerprint density at radius 2 is 2.00 bits per heavy atom. The highest BCUT2D eigenvalue weighted by atomic mass is 35.5. The van der Waals surface area contributed by atoms with Crippen molar-refractivity contribution in [1.82, 2.24) is 0 Å². The van der Waals surface area contributed by atoms with Crippen LogP contribution in [-0.4, -0.2) is 17.8 Å². The van der Waals surface area contributed by atoms with Gasteiger partial charge in [-0.15, -0.1) is 0 Å². The van der Waals surface area contributed by atoms with Gasteiger partial charge in [-0.1, -0.05) is 46.2 Å². The molecule has 1 rings (SSSR count). The Bertz CT molecular complexity index is 314. The minimum atomic E-state index is -0.660. The summed E-state index contributed by atoms with van der Waals surface area (Å²) in [5.74, 6) is 0.508. The highest BCUT2D eigenvalue weighted by Gasteiger charge is 2.56. The number of hydrogen-bond donors (Lipinski definition) is 0. The van der Waals surface area contributed by atoms with Gasteiger partial charge in [0.25, 0.3) is 0 Å². The fourth-order valence-corrected chi connectivity index (χ4v) is 3.06. The number of halogens is 1. The average molecular weight is 277 g/mol. The molecule has 18 heavy (non-hydrogen) atoms. The van der Waals surface area contributed by atoms with E-state index >= 15 is 0 Å². The van der Waals surface area contributed by atoms with Crippen molar-refractivity contribution in [1.29, 1.82) is 0 Å². The summed E-state index contributed by atoms with van der Waals surface area (Å²) in [5.41, 5.74) is -0.544. The molecule has 3 nitrogen and oxygen atoms in total. The fourth-order valence-electron chi connectivity index (χ4n) is 2.99. The summed E-state index contributed by atoms with van der Waals surface area (Å²) in [5, 5.41) is 0. The SMILES string of the molecule is CCC1(C)[C@@H](OC(=O)OC(C)Cl)CC(C)C1(C)C. The molecule has 106 valence electrons. The van der Waals surface area contributed by atoms with Gasteiger partial charge in [0.15, 0.2) is 5.56 Å². The maximum absolute atomic E-state index is 11.6. The smallest absolute Gasteiger partial charge is 0.430 e. The second-order valence-electron chi connectivity index (χ2n) is 6.15. The molecule has 0 aromatic carbocycles. The van der Waals surface area contributed by atoms with Crippen LogP contribution in [0.1, 0.15) is 54.4 Å². The molecule has 4 heteroatoms. The van der Waals surface area contributed by atoms with E-state index in [4.69, 9.17) is 21.1 Å². The zero-order valence-electron chi connectivity index (χ0n) is 12.2. The first-order chi connectivity index (χ1) is 8.15. The van der Waals surface area contributed by atoms with Gasteiger partial charge >= 0.3 is 6.16 Å². The molecule has 1 saturated carbocycles. The van der Waals surface area contributed by atoms with Crippen molar-refractivity contribution in [3.05, 3.63) is 0 Å². The Morgan fingerprint density at radius 3 is 2.44 bits per heavy atom. The lowest BCUT2D eigenvalue weighted by Gasteiger charge is -2.42. The lowest BCUT2D eigenvalue weighted by molar-refractivity contribution is -0.0464. The second-order valence-corrected chi connectivity index (χ2v) is 6.76. The van der Waals surface area contributed by atoms with E-state index in [1.165, 1.54) is 0 Å². The molecule has 1 aliphatic rings. The van der Waals surface area contributed by atoms with Crippen molar-refractivity contribution in [2.75, 3.05) is 0 Å². The minimum Gasteiger partial charge on any atom is -0.430 e. The number of carbonyl (C=O) groups excluding carboxylic acids is 1. The molecule has 0 spiro atoms. The zero-order valence-corrected chi connectivity index (χ0v) is 13.0. The molecule has 1 aliphatic carbocycles. The van der Waals surface area contributed by atoms with E-state index in [2.05, 4.69) is 34.6 Å². The number of rotatable bonds is 3. The van der Waals surface area contributed by atoms with E-state index in [0.717, 1.165) is 12.8 Å². The largest absolute Gasteiger partial charge is 0.510 e. The number of hydrogen-bond acceptors (Lipinski definition) is 3. The van der Waals surface area contributed by atoms with Gasteiger partial charge in [0, 0.05) is 5.41 Å². The molecule has 0 bridgehead atoms. The van der Waals surface area contributed by atoms with Crippen LogP contribution < -0.4 is 0 Å². The zero-order chi connectivity index (χ0) is 14.1. The Morgan fingerprint density at radius 1 is 1.44 bits per heavy atom. The summed E-state index contributed by atoms with van der Waals surface area (Å²) in [6, 6.07) is 0. The maximum Gasteiger partial charge on any atom is 0.510 e. The average Bonchev–Trinajstić information content (AvgIpc) is 2.39. The Labute approximate surface area is 115 Å². The third-order valence-electron chi connectivity index (χ3n) is 5.21. The topological polar surface area (TPSA) is 35.5 Å². The Kier molecular flexibility index (Phi) is 4.58. The van der Waals surface area contributed by atoms with Gasteiger partial charge in [-0.05, 0) is 31.1 Å². The summed E-state index contributed by atoms with van der Waals surface area (Å²) in [6.07, 6.45) is 1.09. The lowest BCUT2D eigenvalue weighted by atomic mass is 9.64. The summed E-state index contributed by atoms with van der Waals surface area (Å²) in [7, 11) is 0. The van der Waals surface area contributed by atoms with E-state index in [-0.39, 0.29) is 16.9 Å². The standard InChI is InChI=1S/C14H25ClO3/c1-7-14(6)11(8-9(2)13(14,4)5)18-12(16)17-10(3)15/h9-11H,7-8H2,1-6H3/t9?,10?,11-,14?/m0/s1. The van der Waals surface area contributed by atoms with Crippen LogP contribution in [0.2, 0.25) is 0 Å². The van der Waals surface area contributed by atoms with Crippen molar-refractivity contribution in [3.63, 3.8) is 0 Å². The number of alkyl halides is 1. The monoisotopic (exact) mass is 276 g/mol. The van der Waals surface area contributed by atoms with Crippen LogP contribution in [0, 0.1) is 16.7 Å². The molecule has 0 radical (unpaired) electrons. The van der Waals surface area contributed by atoms with Crippen molar-refractivity contribution in [2.24, 2.45) is 16.7 Å². The van der Waals surface area contributed by atoms with Crippen LogP contribution >= 0.6 is 11.6 Å². The van der Waals surface area contributed by atoms with Crippen molar-refractivity contribution >= 4 is 17.8 Å². The van der Waals surface area contributed by atoms with E-state index in [1.54, 1.807) is 6.92 Å². The van der Waals surface area contributed by atoms with Crippen molar-refractivity contribution < 1.29 is 14.3 Å². The van der Waals surface area contributed by atoms with Gasteiger partial charge in [0.05, 0.1) is 0 Å². The maximum atomic E-state index is 11.6. The second kappa shape index (κ2) is 5.28.